The third kappa shape index (κ3) is 2.03. The number of aromatic nitrogens is 4. The first-order valence-electron chi connectivity index (χ1n) is 5.24. The van der Waals surface area contributed by atoms with Gasteiger partial charge in [0.1, 0.15) is 12.2 Å². The van der Waals surface area contributed by atoms with Gasteiger partial charge >= 0.3 is 0 Å². The topological polar surface area (TPSA) is 52.7 Å². The van der Waals surface area contributed by atoms with E-state index in [1.165, 1.54) is 6.33 Å². The van der Waals surface area contributed by atoms with E-state index < -0.39 is 0 Å². The van der Waals surface area contributed by atoms with E-state index in [0.29, 0.717) is 6.54 Å². The predicted octanol–water partition coefficient (Wildman–Crippen LogP) is 0.816. The highest BCUT2D eigenvalue weighted by molar-refractivity contribution is 5.08. The Bertz CT molecular complexity index is 541. The minimum atomic E-state index is -0.00865. The molecular weight excluding hydrogens is 204 g/mol. The smallest absolute Gasteiger partial charge is 0.251 e. The Morgan fingerprint density at radius 1 is 1.44 bits per heavy atom. The molecule has 2 rings (SSSR count). The molecule has 0 atom stereocenters. The molecule has 84 valence electrons. The Morgan fingerprint density at radius 3 is 2.94 bits per heavy atom. The monoisotopic (exact) mass is 218 g/mol. The Kier molecular flexibility index (Phi) is 2.85. The van der Waals surface area contributed by atoms with Crippen molar-refractivity contribution in [3.63, 3.8) is 0 Å². The van der Waals surface area contributed by atoms with Crippen molar-refractivity contribution in [2.75, 3.05) is 0 Å². The summed E-state index contributed by atoms with van der Waals surface area (Å²) in [6.45, 7) is 5.12. The summed E-state index contributed by atoms with van der Waals surface area (Å²) < 4.78 is 3.41. The standard InChI is InChI=1S/C11H14N4O/c1-3-15-10(12-8-13-15)7-14-5-4-9(2)6-11(14)16/h4-6,8H,3,7H2,1-2H3. The van der Waals surface area contributed by atoms with Crippen LogP contribution in [0.3, 0.4) is 0 Å². The van der Waals surface area contributed by atoms with E-state index >= 15 is 0 Å². The lowest BCUT2D eigenvalue weighted by atomic mass is 10.3. The van der Waals surface area contributed by atoms with Crippen LogP contribution in [0.4, 0.5) is 0 Å². The zero-order valence-electron chi connectivity index (χ0n) is 9.42. The molecule has 16 heavy (non-hydrogen) atoms. The van der Waals surface area contributed by atoms with Crippen LogP contribution in [0.15, 0.2) is 29.5 Å². The van der Waals surface area contributed by atoms with Crippen LogP contribution >= 0.6 is 0 Å². The van der Waals surface area contributed by atoms with Crippen LogP contribution in [0.5, 0.6) is 0 Å². The summed E-state index contributed by atoms with van der Waals surface area (Å²) in [5.74, 6) is 0.799. The summed E-state index contributed by atoms with van der Waals surface area (Å²) in [5.41, 5.74) is 0.962. The first-order chi connectivity index (χ1) is 7.70. The number of nitrogens with zero attached hydrogens (tertiary/aromatic N) is 4. The summed E-state index contributed by atoms with van der Waals surface area (Å²) in [6, 6.07) is 3.53. The van der Waals surface area contributed by atoms with Crippen LogP contribution < -0.4 is 5.56 Å². The molecule has 5 nitrogen and oxygen atoms in total. The van der Waals surface area contributed by atoms with Gasteiger partial charge in [0.15, 0.2) is 0 Å². The van der Waals surface area contributed by atoms with Gasteiger partial charge in [0.2, 0.25) is 0 Å². The Labute approximate surface area is 93.4 Å². The summed E-state index contributed by atoms with van der Waals surface area (Å²) in [4.78, 5) is 15.8. The van der Waals surface area contributed by atoms with Crippen molar-refractivity contribution in [2.24, 2.45) is 0 Å². The van der Waals surface area contributed by atoms with E-state index in [-0.39, 0.29) is 5.56 Å². The van der Waals surface area contributed by atoms with Gasteiger partial charge in [-0.15, -0.1) is 0 Å². The van der Waals surface area contributed by atoms with Gasteiger partial charge in [-0.3, -0.25) is 4.79 Å². The van der Waals surface area contributed by atoms with E-state index in [0.717, 1.165) is 17.9 Å². The van der Waals surface area contributed by atoms with Crippen molar-refractivity contribution in [1.29, 1.82) is 0 Å². The molecule has 0 fully saturated rings. The van der Waals surface area contributed by atoms with Crippen molar-refractivity contribution in [3.8, 4) is 0 Å². The number of pyridine rings is 1. The largest absolute Gasteiger partial charge is 0.308 e. The van der Waals surface area contributed by atoms with Crippen molar-refractivity contribution in [2.45, 2.75) is 26.9 Å². The minimum Gasteiger partial charge on any atom is -0.308 e. The molecule has 0 unspecified atom stereocenters. The van der Waals surface area contributed by atoms with Crippen molar-refractivity contribution in [1.82, 2.24) is 19.3 Å². The lowest BCUT2D eigenvalue weighted by molar-refractivity contribution is 0.585. The second kappa shape index (κ2) is 4.30. The molecule has 0 saturated carbocycles. The Hall–Kier alpha value is -1.91. The highest BCUT2D eigenvalue weighted by Gasteiger charge is 2.04. The molecular formula is C11H14N4O. The van der Waals surface area contributed by atoms with Gasteiger partial charge in [0.25, 0.3) is 5.56 Å². The number of aryl methyl sites for hydroxylation is 2. The van der Waals surface area contributed by atoms with Gasteiger partial charge in [-0.05, 0) is 25.5 Å². The number of hydrogen-bond acceptors (Lipinski definition) is 3. The van der Waals surface area contributed by atoms with Crippen LogP contribution in [0, 0.1) is 6.92 Å². The lowest BCUT2D eigenvalue weighted by Crippen LogP contribution is -2.21. The van der Waals surface area contributed by atoms with Crippen LogP contribution in [0.1, 0.15) is 18.3 Å². The van der Waals surface area contributed by atoms with Gasteiger partial charge < -0.3 is 4.57 Å². The molecule has 0 radical (unpaired) electrons. The summed E-state index contributed by atoms with van der Waals surface area (Å²) in [5, 5.41) is 4.07. The van der Waals surface area contributed by atoms with Gasteiger partial charge in [0.05, 0.1) is 6.54 Å². The fourth-order valence-corrected chi connectivity index (χ4v) is 1.56. The molecule has 0 amide bonds. The first kappa shape index (κ1) is 10.6. The molecule has 2 aromatic heterocycles. The quantitative estimate of drug-likeness (QED) is 0.766. The maximum absolute atomic E-state index is 11.7. The van der Waals surface area contributed by atoms with Gasteiger partial charge in [-0.1, -0.05) is 0 Å². The molecule has 2 heterocycles. The molecule has 5 heteroatoms. The van der Waals surface area contributed by atoms with Crippen LogP contribution in [0.2, 0.25) is 0 Å². The Morgan fingerprint density at radius 2 is 2.25 bits per heavy atom. The maximum Gasteiger partial charge on any atom is 0.251 e. The van der Waals surface area contributed by atoms with Gasteiger partial charge in [-0.2, -0.15) is 5.10 Å². The maximum atomic E-state index is 11.7. The predicted molar refractivity (Wildman–Crippen MR) is 60.2 cm³/mol. The van der Waals surface area contributed by atoms with E-state index in [1.54, 1.807) is 21.5 Å². The highest BCUT2D eigenvalue weighted by Crippen LogP contribution is 1.98. The van der Waals surface area contributed by atoms with E-state index in [4.69, 9.17) is 0 Å². The minimum absolute atomic E-state index is 0.00865. The van der Waals surface area contributed by atoms with Crippen LogP contribution in [-0.4, -0.2) is 19.3 Å². The average molecular weight is 218 g/mol. The van der Waals surface area contributed by atoms with E-state index in [1.807, 2.05) is 19.9 Å². The third-order valence-electron chi connectivity index (χ3n) is 2.46. The third-order valence-corrected chi connectivity index (χ3v) is 2.46. The zero-order chi connectivity index (χ0) is 11.5. The number of hydrogen-bond donors (Lipinski definition) is 0. The van der Waals surface area contributed by atoms with Gasteiger partial charge in [-0.25, -0.2) is 9.67 Å². The fourth-order valence-electron chi connectivity index (χ4n) is 1.56. The molecule has 0 saturated heterocycles. The second-order valence-corrected chi connectivity index (χ2v) is 3.66. The molecule has 0 spiro atoms. The molecule has 0 aromatic carbocycles. The SMILES string of the molecule is CCn1ncnc1Cn1ccc(C)cc1=O. The summed E-state index contributed by atoms with van der Waals surface area (Å²) in [6.07, 6.45) is 3.30. The van der Waals surface area contributed by atoms with Crippen molar-refractivity contribution in [3.05, 3.63) is 46.4 Å². The van der Waals surface area contributed by atoms with E-state index in [2.05, 4.69) is 10.1 Å². The highest BCUT2D eigenvalue weighted by atomic mass is 16.1. The van der Waals surface area contributed by atoms with Gasteiger partial charge in [0, 0.05) is 18.8 Å². The van der Waals surface area contributed by atoms with Crippen molar-refractivity contribution >= 4 is 0 Å². The zero-order valence-corrected chi connectivity index (χ0v) is 9.42. The molecule has 2 aromatic rings. The Balaban J connectivity index is 2.31. The summed E-state index contributed by atoms with van der Waals surface area (Å²) >= 11 is 0. The average Bonchev–Trinajstić information content (AvgIpc) is 2.69. The fraction of sp³-hybridized carbons (Fsp3) is 0.364. The van der Waals surface area contributed by atoms with E-state index in [9.17, 15) is 4.79 Å². The molecule has 0 bridgehead atoms. The molecule has 0 aliphatic carbocycles. The molecule has 0 aliphatic rings. The normalized spacial score (nSPS) is 10.6. The van der Waals surface area contributed by atoms with Crippen LogP contribution in [0.25, 0.3) is 0 Å². The summed E-state index contributed by atoms with van der Waals surface area (Å²) in [7, 11) is 0. The number of rotatable bonds is 3. The molecule has 0 N–H and O–H groups in total. The first-order valence-corrected chi connectivity index (χ1v) is 5.24. The molecule has 0 aliphatic heterocycles. The van der Waals surface area contributed by atoms with Crippen LogP contribution in [-0.2, 0) is 13.1 Å². The second-order valence-electron chi connectivity index (χ2n) is 3.66. The lowest BCUT2D eigenvalue weighted by Gasteiger charge is -2.06. The van der Waals surface area contributed by atoms with Crippen molar-refractivity contribution < 1.29 is 0 Å².